The van der Waals surface area contributed by atoms with Gasteiger partial charge in [-0.2, -0.15) is 0 Å². The van der Waals surface area contributed by atoms with E-state index in [0.717, 1.165) is 19.6 Å². The Balaban J connectivity index is 2.59. The number of piperazine rings is 1. The second-order valence-electron chi connectivity index (χ2n) is 4.40. The summed E-state index contributed by atoms with van der Waals surface area (Å²) in [5.41, 5.74) is 0.176. The molecule has 1 heterocycles. The SMILES string of the molecule is CC(C)(C)N1CCNC[C@@H]1CO. The molecule has 72 valence electrons. The van der Waals surface area contributed by atoms with Crippen LogP contribution in [0.2, 0.25) is 0 Å². The van der Waals surface area contributed by atoms with E-state index in [9.17, 15) is 0 Å². The van der Waals surface area contributed by atoms with Gasteiger partial charge in [-0.05, 0) is 20.8 Å². The monoisotopic (exact) mass is 172 g/mol. The van der Waals surface area contributed by atoms with E-state index in [-0.39, 0.29) is 12.1 Å². The van der Waals surface area contributed by atoms with Crippen LogP contribution < -0.4 is 5.32 Å². The van der Waals surface area contributed by atoms with E-state index in [0.29, 0.717) is 6.04 Å². The van der Waals surface area contributed by atoms with Crippen molar-refractivity contribution in [3.8, 4) is 0 Å². The molecule has 0 unspecified atom stereocenters. The van der Waals surface area contributed by atoms with E-state index in [2.05, 4.69) is 31.0 Å². The molecule has 1 aliphatic heterocycles. The minimum Gasteiger partial charge on any atom is -0.395 e. The molecule has 1 atom stereocenters. The molecule has 3 heteroatoms. The van der Waals surface area contributed by atoms with Crippen molar-refractivity contribution in [1.82, 2.24) is 10.2 Å². The summed E-state index contributed by atoms with van der Waals surface area (Å²) in [7, 11) is 0. The van der Waals surface area contributed by atoms with E-state index in [1.54, 1.807) is 0 Å². The molecule has 0 amide bonds. The van der Waals surface area contributed by atoms with Gasteiger partial charge in [0.1, 0.15) is 0 Å². The molecule has 12 heavy (non-hydrogen) atoms. The molecule has 2 N–H and O–H groups in total. The van der Waals surface area contributed by atoms with Crippen molar-refractivity contribution in [2.24, 2.45) is 0 Å². The van der Waals surface area contributed by atoms with Gasteiger partial charge in [0, 0.05) is 31.2 Å². The number of aliphatic hydroxyl groups excluding tert-OH is 1. The predicted octanol–water partition coefficient (Wildman–Crippen LogP) is 0.0510. The lowest BCUT2D eigenvalue weighted by atomic mass is 10.0. The lowest BCUT2D eigenvalue weighted by molar-refractivity contribution is 0.0292. The van der Waals surface area contributed by atoms with E-state index >= 15 is 0 Å². The molecule has 0 aromatic rings. The second kappa shape index (κ2) is 3.73. The van der Waals surface area contributed by atoms with E-state index in [4.69, 9.17) is 5.11 Å². The van der Waals surface area contributed by atoms with Crippen LogP contribution >= 0.6 is 0 Å². The number of nitrogens with zero attached hydrogens (tertiary/aromatic N) is 1. The van der Waals surface area contributed by atoms with Crippen LogP contribution in [0, 0.1) is 0 Å². The number of hydrogen-bond donors (Lipinski definition) is 2. The zero-order valence-electron chi connectivity index (χ0n) is 8.30. The van der Waals surface area contributed by atoms with Crippen LogP contribution in [-0.4, -0.2) is 47.8 Å². The van der Waals surface area contributed by atoms with E-state index in [1.165, 1.54) is 0 Å². The van der Waals surface area contributed by atoms with Crippen molar-refractivity contribution in [2.45, 2.75) is 32.4 Å². The second-order valence-corrected chi connectivity index (χ2v) is 4.40. The fourth-order valence-electron chi connectivity index (χ4n) is 1.81. The first kappa shape index (κ1) is 9.96. The van der Waals surface area contributed by atoms with E-state index in [1.807, 2.05) is 0 Å². The third kappa shape index (κ3) is 2.19. The van der Waals surface area contributed by atoms with Crippen molar-refractivity contribution in [1.29, 1.82) is 0 Å². The molecule has 3 nitrogen and oxygen atoms in total. The standard InChI is InChI=1S/C9H20N2O/c1-9(2,3)11-5-4-10-6-8(11)7-12/h8,10,12H,4-7H2,1-3H3/t8-/m1/s1. The Bertz CT molecular complexity index is 142. The zero-order chi connectivity index (χ0) is 9.19. The van der Waals surface area contributed by atoms with Crippen LogP contribution in [0.25, 0.3) is 0 Å². The van der Waals surface area contributed by atoms with Crippen molar-refractivity contribution in [2.75, 3.05) is 26.2 Å². The Morgan fingerprint density at radius 3 is 2.58 bits per heavy atom. The summed E-state index contributed by atoms with van der Waals surface area (Å²) in [4.78, 5) is 2.36. The minimum atomic E-state index is 0.176. The Labute approximate surface area is 74.8 Å². The van der Waals surface area contributed by atoms with Crippen molar-refractivity contribution in [3.05, 3.63) is 0 Å². The van der Waals surface area contributed by atoms with Crippen LogP contribution in [0.4, 0.5) is 0 Å². The molecular weight excluding hydrogens is 152 g/mol. The van der Waals surface area contributed by atoms with Gasteiger partial charge in [0.15, 0.2) is 0 Å². The quantitative estimate of drug-likeness (QED) is 0.587. The summed E-state index contributed by atoms with van der Waals surface area (Å²) in [5, 5.41) is 12.4. The molecule has 0 radical (unpaired) electrons. The first-order valence-corrected chi connectivity index (χ1v) is 4.64. The summed E-state index contributed by atoms with van der Waals surface area (Å²) in [6, 6.07) is 0.291. The third-order valence-electron chi connectivity index (χ3n) is 2.42. The maximum Gasteiger partial charge on any atom is 0.0599 e. The molecule has 1 rings (SSSR count). The maximum absolute atomic E-state index is 9.14. The number of hydrogen-bond acceptors (Lipinski definition) is 3. The smallest absolute Gasteiger partial charge is 0.0599 e. The molecule has 1 aliphatic rings. The molecule has 0 spiro atoms. The molecule has 1 saturated heterocycles. The van der Waals surface area contributed by atoms with Gasteiger partial charge >= 0.3 is 0 Å². The van der Waals surface area contributed by atoms with Crippen molar-refractivity contribution >= 4 is 0 Å². The molecule has 0 saturated carbocycles. The highest BCUT2D eigenvalue weighted by atomic mass is 16.3. The van der Waals surface area contributed by atoms with Crippen molar-refractivity contribution < 1.29 is 5.11 Å². The van der Waals surface area contributed by atoms with Gasteiger partial charge < -0.3 is 10.4 Å². The fourth-order valence-corrected chi connectivity index (χ4v) is 1.81. The molecular formula is C9H20N2O. The Hall–Kier alpha value is -0.120. The average Bonchev–Trinajstić information content (AvgIpc) is 2.03. The Morgan fingerprint density at radius 1 is 1.50 bits per heavy atom. The van der Waals surface area contributed by atoms with Crippen LogP contribution in [0.3, 0.4) is 0 Å². The van der Waals surface area contributed by atoms with Crippen LogP contribution in [0.5, 0.6) is 0 Å². The van der Waals surface area contributed by atoms with Crippen molar-refractivity contribution in [3.63, 3.8) is 0 Å². The van der Waals surface area contributed by atoms with Gasteiger partial charge in [-0.25, -0.2) is 0 Å². The largest absolute Gasteiger partial charge is 0.395 e. The topological polar surface area (TPSA) is 35.5 Å². The highest BCUT2D eigenvalue weighted by Gasteiger charge is 2.30. The summed E-state index contributed by atoms with van der Waals surface area (Å²) in [6.07, 6.45) is 0. The summed E-state index contributed by atoms with van der Waals surface area (Å²) >= 11 is 0. The lowest BCUT2D eigenvalue weighted by Crippen LogP contribution is -2.59. The number of rotatable bonds is 1. The van der Waals surface area contributed by atoms with E-state index < -0.39 is 0 Å². The highest BCUT2D eigenvalue weighted by molar-refractivity contribution is 4.87. The average molecular weight is 172 g/mol. The normalized spacial score (nSPS) is 27.5. The Kier molecular flexibility index (Phi) is 3.09. The first-order chi connectivity index (χ1) is 5.55. The van der Waals surface area contributed by atoms with Gasteiger partial charge in [0.05, 0.1) is 6.61 Å². The molecule has 1 fully saturated rings. The van der Waals surface area contributed by atoms with Gasteiger partial charge in [-0.3, -0.25) is 4.90 Å². The molecule has 0 aromatic carbocycles. The molecule has 0 bridgehead atoms. The van der Waals surface area contributed by atoms with Gasteiger partial charge in [0.25, 0.3) is 0 Å². The van der Waals surface area contributed by atoms with Gasteiger partial charge in [-0.15, -0.1) is 0 Å². The van der Waals surface area contributed by atoms with Crippen LogP contribution in [0.15, 0.2) is 0 Å². The molecule has 0 aliphatic carbocycles. The summed E-state index contributed by atoms with van der Waals surface area (Å²) in [6.45, 7) is 9.82. The number of aliphatic hydroxyl groups is 1. The first-order valence-electron chi connectivity index (χ1n) is 4.64. The number of nitrogens with one attached hydrogen (secondary N) is 1. The fraction of sp³-hybridized carbons (Fsp3) is 1.00. The van der Waals surface area contributed by atoms with Crippen LogP contribution in [0.1, 0.15) is 20.8 Å². The maximum atomic E-state index is 9.14. The minimum absolute atomic E-state index is 0.176. The highest BCUT2D eigenvalue weighted by Crippen LogP contribution is 2.17. The predicted molar refractivity (Wildman–Crippen MR) is 50.2 cm³/mol. The van der Waals surface area contributed by atoms with Gasteiger partial charge in [0.2, 0.25) is 0 Å². The van der Waals surface area contributed by atoms with Gasteiger partial charge in [-0.1, -0.05) is 0 Å². The Morgan fingerprint density at radius 2 is 2.17 bits per heavy atom. The summed E-state index contributed by atoms with van der Waals surface area (Å²) in [5.74, 6) is 0. The van der Waals surface area contributed by atoms with Crippen LogP contribution in [-0.2, 0) is 0 Å². The molecule has 0 aromatic heterocycles. The summed E-state index contributed by atoms with van der Waals surface area (Å²) < 4.78 is 0. The third-order valence-corrected chi connectivity index (χ3v) is 2.42. The lowest BCUT2D eigenvalue weighted by Gasteiger charge is -2.44. The zero-order valence-corrected chi connectivity index (χ0v) is 8.30.